The minimum Gasteiger partial charge on any atom is -0.0654 e. The highest BCUT2D eigenvalue weighted by Gasteiger charge is 2.46. The van der Waals surface area contributed by atoms with Gasteiger partial charge in [-0.15, -0.1) is 0 Å². The number of hydrogen-bond donors (Lipinski definition) is 0. The fraction of sp³-hybridized carbons (Fsp3) is 1.00. The third kappa shape index (κ3) is 7.25. The first-order valence-corrected chi connectivity index (χ1v) is 15.1. The Hall–Kier alpha value is 0. The van der Waals surface area contributed by atoms with Crippen LogP contribution in [0.2, 0.25) is 0 Å². The molecule has 3 aliphatic carbocycles. The molecule has 188 valence electrons. The van der Waals surface area contributed by atoms with E-state index in [-0.39, 0.29) is 0 Å². The lowest BCUT2D eigenvalue weighted by Crippen LogP contribution is -2.39. The average molecular weight is 445 g/mol. The number of hydrogen-bond acceptors (Lipinski definition) is 0. The number of fused-ring (bicyclic) bond motifs is 1. The summed E-state index contributed by atoms with van der Waals surface area (Å²) in [5.74, 6) is 2.23. The fourth-order valence-electron chi connectivity index (χ4n) is 8.56. The molecule has 32 heavy (non-hydrogen) atoms. The van der Waals surface area contributed by atoms with Crippen molar-refractivity contribution in [2.24, 2.45) is 33.5 Å². The normalized spacial score (nSPS) is 40.7. The van der Waals surface area contributed by atoms with Crippen LogP contribution < -0.4 is 0 Å². The van der Waals surface area contributed by atoms with Crippen LogP contribution in [0.25, 0.3) is 0 Å². The molecular weight excluding hydrogens is 384 g/mol. The van der Waals surface area contributed by atoms with Gasteiger partial charge in [-0.25, -0.2) is 0 Å². The zero-order valence-corrected chi connectivity index (χ0v) is 23.3. The Kier molecular flexibility index (Phi) is 9.28. The lowest BCUT2D eigenvalue weighted by Gasteiger charge is -2.50. The van der Waals surface area contributed by atoms with Crippen molar-refractivity contribution in [2.75, 3.05) is 0 Å². The predicted molar refractivity (Wildman–Crippen MR) is 143 cm³/mol. The molecule has 4 atom stereocenters. The van der Waals surface area contributed by atoms with Gasteiger partial charge in [-0.1, -0.05) is 112 Å². The molecular formula is C32H60. The minimum atomic E-state index is 0.500. The first-order chi connectivity index (χ1) is 15.1. The Morgan fingerprint density at radius 2 is 1.12 bits per heavy atom. The summed E-state index contributed by atoms with van der Waals surface area (Å²) >= 11 is 0. The van der Waals surface area contributed by atoms with Gasteiger partial charge in [-0.05, 0) is 91.3 Å². The topological polar surface area (TPSA) is 0 Å². The second-order valence-electron chi connectivity index (χ2n) is 14.7. The van der Waals surface area contributed by atoms with Crippen molar-refractivity contribution >= 4 is 0 Å². The molecule has 0 amide bonds. The third-order valence-corrected chi connectivity index (χ3v) is 11.0. The highest BCUT2D eigenvalue weighted by atomic mass is 14.5. The monoisotopic (exact) mass is 444 g/mol. The lowest BCUT2D eigenvalue weighted by molar-refractivity contribution is 0.00461. The zero-order chi connectivity index (χ0) is 23.3. The molecule has 0 aromatic heterocycles. The molecule has 0 saturated heterocycles. The van der Waals surface area contributed by atoms with Gasteiger partial charge in [0.05, 0.1) is 0 Å². The molecule has 0 spiro atoms. The van der Waals surface area contributed by atoms with Crippen molar-refractivity contribution in [3.63, 3.8) is 0 Å². The average Bonchev–Trinajstić information content (AvgIpc) is 3.44. The Morgan fingerprint density at radius 1 is 0.625 bits per heavy atom. The van der Waals surface area contributed by atoms with Crippen LogP contribution in [0, 0.1) is 33.5 Å². The Bertz CT molecular complexity index is 544. The molecule has 0 aromatic rings. The summed E-state index contributed by atoms with van der Waals surface area (Å²) in [5.41, 5.74) is 2.14. The third-order valence-electron chi connectivity index (χ3n) is 11.0. The second kappa shape index (κ2) is 11.2. The van der Waals surface area contributed by atoms with Crippen LogP contribution >= 0.6 is 0 Å². The van der Waals surface area contributed by atoms with E-state index in [2.05, 4.69) is 41.5 Å². The molecule has 0 N–H and O–H groups in total. The molecule has 3 saturated carbocycles. The summed E-state index contributed by atoms with van der Waals surface area (Å²) in [5, 5.41) is 0. The number of rotatable bonds is 5. The van der Waals surface area contributed by atoms with Crippen LogP contribution in [-0.2, 0) is 0 Å². The van der Waals surface area contributed by atoms with Gasteiger partial charge >= 0.3 is 0 Å². The first kappa shape index (κ1) is 26.6. The van der Waals surface area contributed by atoms with E-state index in [1.54, 1.807) is 19.3 Å². The maximum Gasteiger partial charge on any atom is -0.0272 e. The Labute approximate surface area is 203 Å². The smallest absolute Gasteiger partial charge is 0.0272 e. The van der Waals surface area contributed by atoms with Crippen molar-refractivity contribution in [1.29, 1.82) is 0 Å². The molecule has 4 unspecified atom stereocenters. The maximum absolute atomic E-state index is 2.76. The van der Waals surface area contributed by atoms with Crippen LogP contribution in [0.3, 0.4) is 0 Å². The SMILES string of the molecule is CCCC(C)(C)CC1(C)CCCCCCCCC(C)(C2(C)CCCC3CC3CCC2)CC1. The molecule has 0 bridgehead atoms. The van der Waals surface area contributed by atoms with Gasteiger partial charge in [0.25, 0.3) is 0 Å². The zero-order valence-electron chi connectivity index (χ0n) is 23.3. The molecule has 0 nitrogen and oxygen atoms in total. The van der Waals surface area contributed by atoms with E-state index in [0.717, 1.165) is 11.8 Å². The Morgan fingerprint density at radius 3 is 1.72 bits per heavy atom. The summed E-state index contributed by atoms with van der Waals surface area (Å²) in [6.07, 6.45) is 29.6. The van der Waals surface area contributed by atoms with E-state index in [1.165, 1.54) is 109 Å². The standard InChI is InChI=1S/C32H60/c1-7-18-29(2,3)26-30(4)19-12-10-8-9-11-13-20-32(6,24-23-30)31(5)21-14-16-27-25-28(27)17-15-22-31/h27-28H,7-26H2,1-6H3. The summed E-state index contributed by atoms with van der Waals surface area (Å²) in [4.78, 5) is 0. The van der Waals surface area contributed by atoms with Crippen molar-refractivity contribution in [3.05, 3.63) is 0 Å². The van der Waals surface area contributed by atoms with E-state index in [9.17, 15) is 0 Å². The van der Waals surface area contributed by atoms with Gasteiger partial charge in [0.1, 0.15) is 0 Å². The van der Waals surface area contributed by atoms with E-state index in [1.807, 2.05) is 0 Å². The summed E-state index contributed by atoms with van der Waals surface area (Å²) in [6, 6.07) is 0. The van der Waals surface area contributed by atoms with Crippen molar-refractivity contribution in [1.82, 2.24) is 0 Å². The summed E-state index contributed by atoms with van der Waals surface area (Å²) in [6.45, 7) is 15.7. The quantitative estimate of drug-likeness (QED) is 0.395. The predicted octanol–water partition coefficient (Wildman–Crippen LogP) is 11.1. The van der Waals surface area contributed by atoms with Crippen molar-refractivity contribution < 1.29 is 0 Å². The van der Waals surface area contributed by atoms with Crippen LogP contribution in [0.1, 0.15) is 170 Å². The van der Waals surface area contributed by atoms with E-state index < -0.39 is 0 Å². The van der Waals surface area contributed by atoms with Crippen LogP contribution in [-0.4, -0.2) is 0 Å². The van der Waals surface area contributed by atoms with Gasteiger partial charge < -0.3 is 0 Å². The molecule has 0 aliphatic heterocycles. The summed E-state index contributed by atoms with van der Waals surface area (Å²) in [7, 11) is 0. The molecule has 0 heterocycles. The van der Waals surface area contributed by atoms with Crippen LogP contribution in [0.5, 0.6) is 0 Å². The molecule has 3 rings (SSSR count). The Balaban J connectivity index is 1.77. The van der Waals surface area contributed by atoms with Crippen LogP contribution in [0.15, 0.2) is 0 Å². The minimum absolute atomic E-state index is 0.500. The highest BCUT2D eigenvalue weighted by molar-refractivity contribution is 4.97. The molecule has 3 fully saturated rings. The fourth-order valence-corrected chi connectivity index (χ4v) is 8.56. The molecule has 0 aromatic carbocycles. The van der Waals surface area contributed by atoms with E-state index in [0.29, 0.717) is 21.7 Å². The van der Waals surface area contributed by atoms with E-state index >= 15 is 0 Å². The van der Waals surface area contributed by atoms with Crippen molar-refractivity contribution in [3.8, 4) is 0 Å². The highest BCUT2D eigenvalue weighted by Crippen LogP contribution is 2.58. The van der Waals surface area contributed by atoms with Crippen molar-refractivity contribution in [2.45, 2.75) is 170 Å². The maximum atomic E-state index is 2.76. The molecule has 3 aliphatic rings. The van der Waals surface area contributed by atoms with E-state index in [4.69, 9.17) is 0 Å². The summed E-state index contributed by atoms with van der Waals surface area (Å²) < 4.78 is 0. The second-order valence-corrected chi connectivity index (χ2v) is 14.7. The van der Waals surface area contributed by atoms with Gasteiger partial charge in [-0.2, -0.15) is 0 Å². The van der Waals surface area contributed by atoms with Gasteiger partial charge in [0, 0.05) is 0 Å². The molecule has 0 heteroatoms. The first-order valence-electron chi connectivity index (χ1n) is 15.1. The van der Waals surface area contributed by atoms with Gasteiger partial charge in [0.15, 0.2) is 0 Å². The largest absolute Gasteiger partial charge is 0.0654 e. The molecule has 0 radical (unpaired) electrons. The van der Waals surface area contributed by atoms with Gasteiger partial charge in [0.2, 0.25) is 0 Å². The van der Waals surface area contributed by atoms with Crippen LogP contribution in [0.4, 0.5) is 0 Å². The lowest BCUT2D eigenvalue weighted by atomic mass is 9.55. The van der Waals surface area contributed by atoms with Gasteiger partial charge in [-0.3, -0.25) is 0 Å².